The van der Waals surface area contributed by atoms with Crippen molar-refractivity contribution in [3.8, 4) is 23.1 Å². The lowest BCUT2D eigenvalue weighted by Crippen LogP contribution is -2.63. The van der Waals surface area contributed by atoms with Crippen molar-refractivity contribution in [2.45, 2.75) is 116 Å². The summed E-state index contributed by atoms with van der Waals surface area (Å²) in [5.41, 5.74) is -1.36. The number of piperazine rings is 1. The molecular formula is C52H61F7N10O8. The number of hydrogen-bond donors (Lipinski definition) is 6. The number of aliphatic hydroxyl groups excluding tert-OH is 1. The Bertz CT molecular complexity index is 2780. The second kappa shape index (κ2) is 23.7. The van der Waals surface area contributed by atoms with Crippen molar-refractivity contribution in [2.75, 3.05) is 44.9 Å². The van der Waals surface area contributed by atoms with Crippen LogP contribution in [0.3, 0.4) is 0 Å². The number of carbonyl (C=O) groups is 4. The molecule has 25 heteroatoms. The number of aromatic nitrogens is 3. The van der Waals surface area contributed by atoms with Crippen molar-refractivity contribution in [2.24, 2.45) is 10.8 Å². The van der Waals surface area contributed by atoms with Crippen molar-refractivity contribution >= 4 is 29.8 Å². The van der Waals surface area contributed by atoms with Gasteiger partial charge in [0.2, 0.25) is 5.91 Å². The number of carboxylic acid groups (broad SMARTS) is 1. The van der Waals surface area contributed by atoms with Crippen LogP contribution in [0.2, 0.25) is 0 Å². The molecule has 0 aliphatic carbocycles. The summed E-state index contributed by atoms with van der Waals surface area (Å²) in [4.78, 5) is 65.5. The van der Waals surface area contributed by atoms with Gasteiger partial charge < -0.3 is 40.5 Å². The highest BCUT2D eigenvalue weighted by atomic mass is 19.4. The minimum Gasteiger partial charge on any atom is -0.465 e. The SMILES string of the molecule is COC(=O)NC(C(=O)NC(Cc1ccc(C#Cc2ccc(N3CC4CCC(C3)N4C3COC3)nc2)cc1)C(O)CN(Cc1c(F)cc(-c2cn(C(F)F)cn2)cc1F)NC(=O)C(NC(=O)O)C(C)(C)C)C(C)(C)C(F)(F)F. The molecule has 4 aromatic rings. The molecule has 18 nitrogen and oxygen atoms in total. The highest BCUT2D eigenvalue weighted by Gasteiger charge is 2.56. The maximum Gasteiger partial charge on any atom is 0.407 e. The number of anilines is 1. The summed E-state index contributed by atoms with van der Waals surface area (Å²) in [6, 6.07) is 7.64. The fourth-order valence-electron chi connectivity index (χ4n) is 9.55. The zero-order valence-electron chi connectivity index (χ0n) is 43.0. The van der Waals surface area contributed by atoms with Gasteiger partial charge in [-0.1, -0.05) is 44.7 Å². The predicted molar refractivity (Wildman–Crippen MR) is 265 cm³/mol. The number of halogens is 7. The molecule has 2 bridgehead atoms. The fourth-order valence-corrected chi connectivity index (χ4v) is 9.55. The fraction of sp³-hybridized carbons (Fsp3) is 0.500. The monoisotopic (exact) mass is 1090 g/mol. The zero-order valence-corrected chi connectivity index (χ0v) is 43.0. The Morgan fingerprint density at radius 1 is 0.857 bits per heavy atom. The Hall–Kier alpha value is -7.01. The molecular weight excluding hydrogens is 1030 g/mol. The molecule has 2 aromatic carbocycles. The molecule has 4 amide bonds. The molecule has 416 valence electrons. The lowest BCUT2D eigenvalue weighted by Gasteiger charge is -2.47. The van der Waals surface area contributed by atoms with Crippen LogP contribution in [0.1, 0.15) is 76.3 Å². The molecule has 6 N–H and O–H groups in total. The summed E-state index contributed by atoms with van der Waals surface area (Å²) in [7, 11) is 0.871. The quantitative estimate of drug-likeness (QED) is 0.0385. The summed E-state index contributed by atoms with van der Waals surface area (Å²) in [6.45, 7) is 4.36. The van der Waals surface area contributed by atoms with Crippen LogP contribution in [0.4, 0.5) is 46.1 Å². The second-order valence-corrected chi connectivity index (χ2v) is 21.0. The van der Waals surface area contributed by atoms with Gasteiger partial charge in [0.1, 0.15) is 29.5 Å². The molecule has 0 spiro atoms. The smallest absolute Gasteiger partial charge is 0.407 e. The molecule has 3 aliphatic heterocycles. The maximum atomic E-state index is 16.0. The van der Waals surface area contributed by atoms with Gasteiger partial charge in [-0.05, 0) is 80.5 Å². The van der Waals surface area contributed by atoms with Gasteiger partial charge in [0.25, 0.3) is 5.91 Å². The van der Waals surface area contributed by atoms with Gasteiger partial charge in [-0.15, -0.1) is 0 Å². The highest BCUT2D eigenvalue weighted by molar-refractivity contribution is 5.87. The number of imidazole rings is 1. The molecule has 3 aliphatic rings. The number of hydrazine groups is 1. The van der Waals surface area contributed by atoms with Crippen LogP contribution in [-0.4, -0.2) is 147 Å². The number of fused-ring (bicyclic) bond motifs is 2. The summed E-state index contributed by atoms with van der Waals surface area (Å²) < 4.78 is 113. The van der Waals surface area contributed by atoms with E-state index in [0.29, 0.717) is 53.2 Å². The van der Waals surface area contributed by atoms with Crippen molar-refractivity contribution in [3.63, 3.8) is 0 Å². The molecule has 2 aromatic heterocycles. The average molecular weight is 1090 g/mol. The van der Waals surface area contributed by atoms with E-state index in [2.05, 4.69) is 47.4 Å². The van der Waals surface area contributed by atoms with Gasteiger partial charge in [-0.25, -0.2) is 33.3 Å². The van der Waals surface area contributed by atoms with E-state index in [1.54, 1.807) is 30.5 Å². The summed E-state index contributed by atoms with van der Waals surface area (Å²) in [5.74, 6) is 1.96. The van der Waals surface area contributed by atoms with E-state index in [-0.39, 0.29) is 17.7 Å². The topological polar surface area (TPSA) is 216 Å². The van der Waals surface area contributed by atoms with E-state index < -0.39 is 102 Å². The number of alkyl halides is 5. The first-order chi connectivity index (χ1) is 36.2. The van der Waals surface area contributed by atoms with Crippen LogP contribution < -0.4 is 26.3 Å². The predicted octanol–water partition coefficient (Wildman–Crippen LogP) is 5.99. The van der Waals surface area contributed by atoms with Crippen molar-refractivity contribution < 1.29 is 69.6 Å². The lowest BCUT2D eigenvalue weighted by atomic mass is 9.82. The van der Waals surface area contributed by atoms with Crippen LogP contribution in [0, 0.1) is 34.3 Å². The number of rotatable bonds is 18. The Morgan fingerprint density at radius 2 is 1.48 bits per heavy atom. The zero-order chi connectivity index (χ0) is 56.1. The summed E-state index contributed by atoms with van der Waals surface area (Å²) in [6.07, 6.45) is -4.82. The van der Waals surface area contributed by atoms with Gasteiger partial charge >= 0.3 is 24.9 Å². The molecule has 5 heterocycles. The van der Waals surface area contributed by atoms with Gasteiger partial charge in [0.05, 0.1) is 55.9 Å². The Morgan fingerprint density at radius 3 is 2.00 bits per heavy atom. The van der Waals surface area contributed by atoms with E-state index >= 15 is 8.78 Å². The largest absolute Gasteiger partial charge is 0.465 e. The third kappa shape index (κ3) is 13.9. The molecule has 7 rings (SSSR count). The third-order valence-electron chi connectivity index (χ3n) is 14.1. The van der Waals surface area contributed by atoms with Crippen molar-refractivity contribution in [1.29, 1.82) is 0 Å². The second-order valence-electron chi connectivity index (χ2n) is 21.0. The van der Waals surface area contributed by atoms with Crippen molar-refractivity contribution in [3.05, 3.63) is 101 Å². The number of ether oxygens (including phenoxy) is 2. The Balaban J connectivity index is 1.15. The van der Waals surface area contributed by atoms with Crippen LogP contribution >= 0.6 is 0 Å². The normalized spacial score (nSPS) is 18.6. The van der Waals surface area contributed by atoms with Gasteiger partial charge in [0, 0.05) is 72.9 Å². The molecule has 0 radical (unpaired) electrons. The van der Waals surface area contributed by atoms with Crippen LogP contribution in [0.15, 0.2) is 67.3 Å². The van der Waals surface area contributed by atoms with E-state index in [0.717, 1.165) is 81.7 Å². The third-order valence-corrected chi connectivity index (χ3v) is 14.1. The molecule has 0 saturated carbocycles. The number of amides is 4. The number of carbonyl (C=O) groups excluding carboxylic acids is 3. The first-order valence-electron chi connectivity index (χ1n) is 24.6. The first kappa shape index (κ1) is 57.7. The van der Waals surface area contributed by atoms with Crippen molar-refractivity contribution in [1.82, 2.24) is 45.8 Å². The van der Waals surface area contributed by atoms with Gasteiger partial charge in [0.15, 0.2) is 0 Å². The Kier molecular flexibility index (Phi) is 17.8. The summed E-state index contributed by atoms with van der Waals surface area (Å²) in [5, 5.41) is 28.9. The number of benzene rings is 2. The van der Waals surface area contributed by atoms with Gasteiger partial charge in [-0.3, -0.25) is 24.5 Å². The highest BCUT2D eigenvalue weighted by Crippen LogP contribution is 2.41. The van der Waals surface area contributed by atoms with Crippen LogP contribution in [0.5, 0.6) is 0 Å². The minimum atomic E-state index is -5.10. The molecule has 6 atom stereocenters. The standard InChI is InChI=1S/C52H61F7N10O8/c1-50(2,3)43(63-48(73)74)46(72)65-68(23-36-37(53)18-32(19-38(36)54)40-24-67(28-61-40)47(55)56)25-41(70)39(62-45(71)44(64-49(75)76-6)51(4,5)52(57,58)59)17-30-10-7-29(8-11-30)9-12-31-13-16-42(60-20-31)66-21-33-14-15-34(22-66)69(33)35-26-77-27-35/h7-8,10-11,13,16,18-20,24,28,33-35,39,41,43-44,47,63,70H,14-15,17,21-23,25-27H2,1-6H3,(H,62,71)(H,64,75)(H,65,72)(H,73,74). The van der Waals surface area contributed by atoms with E-state index in [1.165, 1.54) is 20.8 Å². The average Bonchev–Trinajstić information content (AvgIpc) is 3.95. The number of hydrogen-bond acceptors (Lipinski definition) is 12. The maximum absolute atomic E-state index is 16.0. The molecule has 77 heavy (non-hydrogen) atoms. The van der Waals surface area contributed by atoms with E-state index in [9.17, 15) is 51.3 Å². The van der Waals surface area contributed by atoms with Crippen LogP contribution in [-0.2, 0) is 32.0 Å². The number of pyridine rings is 1. The van der Waals surface area contributed by atoms with E-state index in [4.69, 9.17) is 9.72 Å². The number of aliphatic hydroxyl groups is 1. The van der Waals surface area contributed by atoms with Gasteiger partial charge in [-0.2, -0.15) is 22.0 Å². The molecule has 6 unspecified atom stereocenters. The number of methoxy groups -OCH3 is 1. The van der Waals surface area contributed by atoms with Crippen LogP contribution in [0.25, 0.3) is 11.3 Å². The lowest BCUT2D eigenvalue weighted by molar-refractivity contribution is -0.220. The number of nitrogens with zero attached hydrogens (tertiary/aromatic N) is 6. The number of alkyl carbamates (subject to hydrolysis) is 1. The van der Waals surface area contributed by atoms with E-state index in [1.807, 2.05) is 17.4 Å². The first-order valence-corrected chi connectivity index (χ1v) is 24.6. The number of nitrogens with one attached hydrogen (secondary N) is 4. The minimum absolute atomic E-state index is 0.218. The molecule has 3 fully saturated rings. The summed E-state index contributed by atoms with van der Waals surface area (Å²) >= 11 is 0. The Labute approximate surface area is 439 Å². The molecule has 3 saturated heterocycles.